The van der Waals surface area contributed by atoms with Crippen molar-refractivity contribution in [2.45, 2.75) is 18.2 Å². The zero-order valence-corrected chi connectivity index (χ0v) is 12.0. The largest absolute Gasteiger partial charge is 0.350 e. The van der Waals surface area contributed by atoms with Crippen LogP contribution in [0, 0.1) is 0 Å². The number of fused-ring (bicyclic) bond motifs is 1. The van der Waals surface area contributed by atoms with Crippen molar-refractivity contribution in [3.8, 4) is 0 Å². The van der Waals surface area contributed by atoms with E-state index in [2.05, 4.69) is 28.2 Å². The highest BCUT2D eigenvalue weighted by Gasteiger charge is 2.10. The Morgan fingerprint density at radius 3 is 2.94 bits per heavy atom. The Morgan fingerprint density at radius 2 is 2.24 bits per heavy atom. The van der Waals surface area contributed by atoms with Crippen molar-refractivity contribution in [2.75, 3.05) is 6.54 Å². The molecule has 0 aliphatic carbocycles. The first kappa shape index (κ1) is 12.6. The fraction of sp³-hybridized carbons (Fsp3) is 0.308. The summed E-state index contributed by atoms with van der Waals surface area (Å²) in [5.41, 5.74) is 0. The number of rotatable bonds is 4. The highest BCUT2D eigenvalue weighted by atomic mass is 79.9. The first-order valence-corrected chi connectivity index (χ1v) is 7.34. The van der Waals surface area contributed by atoms with Crippen molar-refractivity contribution in [3.05, 3.63) is 35.2 Å². The van der Waals surface area contributed by atoms with Crippen LogP contribution in [0.4, 0.5) is 0 Å². The lowest BCUT2D eigenvalue weighted by Crippen LogP contribution is -2.28. The molecule has 0 spiro atoms. The van der Waals surface area contributed by atoms with E-state index >= 15 is 0 Å². The van der Waals surface area contributed by atoms with Gasteiger partial charge < -0.3 is 5.32 Å². The summed E-state index contributed by atoms with van der Waals surface area (Å²) < 4.78 is 1.16. The predicted octanol–water partition coefficient (Wildman–Crippen LogP) is 3.80. The maximum Gasteiger partial charge on any atom is 0.261 e. The summed E-state index contributed by atoms with van der Waals surface area (Å²) in [5, 5.41) is 4.07. The van der Waals surface area contributed by atoms with Gasteiger partial charge in [0.2, 0.25) is 0 Å². The standard InChI is InChI=1S/C13H14BrNOS/c1-2-10(14)8-15-13(16)12-7-9-5-3-4-6-11(9)17-12/h3-7,10H,2,8H2,1H3,(H,15,16). The molecule has 1 N–H and O–H groups in total. The molecule has 4 heteroatoms. The van der Waals surface area contributed by atoms with Crippen LogP contribution in [0.1, 0.15) is 23.0 Å². The van der Waals surface area contributed by atoms with E-state index in [4.69, 9.17) is 0 Å². The van der Waals surface area contributed by atoms with Gasteiger partial charge in [0.25, 0.3) is 5.91 Å². The topological polar surface area (TPSA) is 29.1 Å². The van der Waals surface area contributed by atoms with Crippen molar-refractivity contribution in [3.63, 3.8) is 0 Å². The second kappa shape index (κ2) is 5.65. The van der Waals surface area contributed by atoms with Crippen LogP contribution >= 0.6 is 27.3 Å². The van der Waals surface area contributed by atoms with Crippen molar-refractivity contribution < 1.29 is 4.79 Å². The minimum Gasteiger partial charge on any atom is -0.350 e. The smallest absolute Gasteiger partial charge is 0.261 e. The van der Waals surface area contributed by atoms with Gasteiger partial charge in [-0.25, -0.2) is 0 Å². The molecule has 0 aliphatic rings. The van der Waals surface area contributed by atoms with E-state index in [-0.39, 0.29) is 5.91 Å². The van der Waals surface area contributed by atoms with Crippen molar-refractivity contribution in [2.24, 2.45) is 0 Å². The lowest BCUT2D eigenvalue weighted by molar-refractivity contribution is 0.0958. The van der Waals surface area contributed by atoms with Crippen LogP contribution in [0.3, 0.4) is 0 Å². The molecule has 0 saturated heterocycles. The predicted molar refractivity (Wildman–Crippen MR) is 77.2 cm³/mol. The normalized spacial score (nSPS) is 12.6. The molecule has 0 radical (unpaired) electrons. The number of alkyl halides is 1. The van der Waals surface area contributed by atoms with Gasteiger partial charge >= 0.3 is 0 Å². The van der Waals surface area contributed by atoms with Gasteiger partial charge in [-0.3, -0.25) is 4.79 Å². The van der Waals surface area contributed by atoms with Crippen molar-refractivity contribution in [1.29, 1.82) is 0 Å². The SMILES string of the molecule is CCC(Br)CNC(=O)c1cc2ccccc2s1. The molecule has 1 heterocycles. The molecule has 2 rings (SSSR count). The molecule has 0 aliphatic heterocycles. The monoisotopic (exact) mass is 311 g/mol. The molecule has 90 valence electrons. The minimum absolute atomic E-state index is 0.0177. The average molecular weight is 312 g/mol. The number of nitrogens with one attached hydrogen (secondary N) is 1. The Balaban J connectivity index is 2.08. The number of carbonyl (C=O) groups excluding carboxylic acids is 1. The molecule has 0 saturated carbocycles. The minimum atomic E-state index is 0.0177. The van der Waals surface area contributed by atoms with Crippen LogP contribution in [0.2, 0.25) is 0 Å². The number of hydrogen-bond acceptors (Lipinski definition) is 2. The van der Waals surface area contributed by atoms with Gasteiger partial charge in [0, 0.05) is 16.1 Å². The van der Waals surface area contributed by atoms with Gasteiger partial charge in [0.15, 0.2) is 0 Å². The molecule has 2 nitrogen and oxygen atoms in total. The van der Waals surface area contributed by atoms with E-state index < -0.39 is 0 Å². The summed E-state index contributed by atoms with van der Waals surface area (Å²) in [6, 6.07) is 10.00. The Morgan fingerprint density at radius 1 is 1.47 bits per heavy atom. The molecule has 2 aromatic rings. The molecule has 1 aromatic carbocycles. The van der Waals surface area contributed by atoms with Crippen LogP contribution in [0.15, 0.2) is 30.3 Å². The summed E-state index contributed by atoms with van der Waals surface area (Å²) >= 11 is 5.04. The van der Waals surface area contributed by atoms with Crippen LogP contribution < -0.4 is 5.32 Å². The number of thiophene rings is 1. The van der Waals surface area contributed by atoms with E-state index in [1.54, 1.807) is 0 Å². The van der Waals surface area contributed by atoms with Gasteiger partial charge in [-0.15, -0.1) is 11.3 Å². The maximum absolute atomic E-state index is 11.9. The van der Waals surface area contributed by atoms with Crippen molar-refractivity contribution >= 4 is 43.3 Å². The average Bonchev–Trinajstić information content (AvgIpc) is 2.79. The van der Waals surface area contributed by atoms with Gasteiger partial charge in [-0.05, 0) is 23.9 Å². The van der Waals surface area contributed by atoms with Crippen LogP contribution in [0.25, 0.3) is 10.1 Å². The fourth-order valence-electron chi connectivity index (χ4n) is 1.53. The van der Waals surface area contributed by atoms with Gasteiger partial charge in [-0.2, -0.15) is 0 Å². The summed E-state index contributed by atoms with van der Waals surface area (Å²) in [6.45, 7) is 2.76. The Bertz CT molecular complexity index is 490. The summed E-state index contributed by atoms with van der Waals surface area (Å²) in [5.74, 6) is 0.0177. The highest BCUT2D eigenvalue weighted by Crippen LogP contribution is 2.25. The second-order valence-electron chi connectivity index (χ2n) is 3.86. The maximum atomic E-state index is 11.9. The van der Waals surface area contributed by atoms with E-state index in [1.807, 2.05) is 30.3 Å². The summed E-state index contributed by atoms with van der Waals surface area (Å²) in [7, 11) is 0. The van der Waals surface area contributed by atoms with Gasteiger partial charge in [0.05, 0.1) is 4.88 Å². The van der Waals surface area contributed by atoms with Crippen LogP contribution in [-0.2, 0) is 0 Å². The van der Waals surface area contributed by atoms with Gasteiger partial charge in [-0.1, -0.05) is 41.1 Å². The Hall–Kier alpha value is -0.870. The quantitative estimate of drug-likeness (QED) is 0.855. The third-order valence-electron chi connectivity index (χ3n) is 2.58. The lowest BCUT2D eigenvalue weighted by atomic mass is 10.2. The lowest BCUT2D eigenvalue weighted by Gasteiger charge is -2.07. The van der Waals surface area contributed by atoms with E-state index in [9.17, 15) is 4.79 Å². The molecule has 1 atom stereocenters. The number of benzene rings is 1. The van der Waals surface area contributed by atoms with Crippen LogP contribution in [0.5, 0.6) is 0 Å². The zero-order valence-electron chi connectivity index (χ0n) is 9.57. The molecular formula is C13H14BrNOS. The first-order valence-electron chi connectivity index (χ1n) is 5.61. The van der Waals surface area contributed by atoms with Crippen molar-refractivity contribution in [1.82, 2.24) is 5.32 Å². The van der Waals surface area contributed by atoms with Crippen LogP contribution in [-0.4, -0.2) is 17.3 Å². The fourth-order valence-corrected chi connectivity index (χ4v) is 2.67. The van der Waals surface area contributed by atoms with E-state index in [1.165, 1.54) is 11.3 Å². The van der Waals surface area contributed by atoms with Gasteiger partial charge in [0.1, 0.15) is 0 Å². The van der Waals surface area contributed by atoms with E-state index in [0.717, 1.165) is 21.4 Å². The number of carbonyl (C=O) groups is 1. The number of halogens is 1. The number of hydrogen-bond donors (Lipinski definition) is 1. The zero-order chi connectivity index (χ0) is 12.3. The third kappa shape index (κ3) is 3.07. The summed E-state index contributed by atoms with van der Waals surface area (Å²) in [4.78, 5) is 13.0. The highest BCUT2D eigenvalue weighted by molar-refractivity contribution is 9.09. The Kier molecular flexibility index (Phi) is 4.18. The molecule has 0 bridgehead atoms. The first-order chi connectivity index (χ1) is 8.20. The molecule has 1 aromatic heterocycles. The number of amides is 1. The molecule has 0 fully saturated rings. The molecule has 1 unspecified atom stereocenters. The molecule has 17 heavy (non-hydrogen) atoms. The second-order valence-corrected chi connectivity index (χ2v) is 6.24. The molecular weight excluding hydrogens is 298 g/mol. The summed E-state index contributed by atoms with van der Waals surface area (Å²) in [6.07, 6.45) is 1.01. The third-order valence-corrected chi connectivity index (χ3v) is 4.66. The van der Waals surface area contributed by atoms with E-state index in [0.29, 0.717) is 11.4 Å². The molecule has 1 amide bonds. The Labute approximate surface area is 113 Å².